The lowest BCUT2D eigenvalue weighted by Gasteiger charge is -2.31. The minimum Gasteiger partial charge on any atom is -0.381 e. The highest BCUT2D eigenvalue weighted by atomic mass is 31.1. The van der Waals surface area contributed by atoms with Crippen LogP contribution in [-0.2, 0) is 9.47 Å². The third-order valence-electron chi connectivity index (χ3n) is 10.5. The quantitative estimate of drug-likeness (QED) is 0.154. The van der Waals surface area contributed by atoms with Crippen LogP contribution in [0.4, 0.5) is 11.4 Å². The van der Waals surface area contributed by atoms with Crippen LogP contribution in [0.2, 0.25) is 0 Å². The van der Waals surface area contributed by atoms with Gasteiger partial charge in [0.15, 0.2) is 0 Å². The molecule has 5 aromatic rings. The monoisotopic (exact) mass is 788 g/mol. The summed E-state index contributed by atoms with van der Waals surface area (Å²) in [7, 11) is -1.80. The molecule has 2 heterocycles. The summed E-state index contributed by atoms with van der Waals surface area (Å²) in [5.74, 6) is 0. The Bertz CT molecular complexity index is 1740. The Labute approximate surface area is 341 Å². The number of hydrogen-bond donors (Lipinski definition) is 2. The molecule has 0 bridgehead atoms. The molecule has 4 nitrogen and oxygen atoms in total. The summed E-state index contributed by atoms with van der Waals surface area (Å²) in [5.41, 5.74) is 18.3. The highest BCUT2D eigenvalue weighted by Gasteiger charge is 2.27. The van der Waals surface area contributed by atoms with Crippen molar-refractivity contribution in [1.29, 1.82) is 0 Å². The van der Waals surface area contributed by atoms with Gasteiger partial charge >= 0.3 is 0 Å². The van der Waals surface area contributed by atoms with Crippen LogP contribution in [0.5, 0.6) is 0 Å². The predicted molar refractivity (Wildman–Crippen MR) is 249 cm³/mol. The van der Waals surface area contributed by atoms with Crippen molar-refractivity contribution >= 4 is 48.7 Å². The number of ether oxygens (including phenoxy) is 2. The fraction of sp³-hybridized carbons (Fsp3) is 0.400. The van der Waals surface area contributed by atoms with E-state index in [1.54, 1.807) is 0 Å². The molecular weight excluding hydrogens is 723 g/mol. The highest BCUT2D eigenvalue weighted by molar-refractivity contribution is 7.75. The van der Waals surface area contributed by atoms with Crippen LogP contribution >= 0.6 is 16.1 Å². The highest BCUT2D eigenvalue weighted by Crippen LogP contribution is 2.46. The van der Waals surface area contributed by atoms with Crippen molar-refractivity contribution in [2.75, 3.05) is 36.6 Å². The van der Waals surface area contributed by atoms with Gasteiger partial charge in [-0.3, -0.25) is 0 Å². The van der Waals surface area contributed by atoms with Crippen LogP contribution in [-0.4, -0.2) is 26.4 Å². The molecule has 0 amide bonds. The Morgan fingerprint density at radius 2 is 0.571 bits per heavy atom. The van der Waals surface area contributed by atoms with Gasteiger partial charge in [-0.15, -0.1) is 0 Å². The molecule has 0 saturated carbocycles. The van der Waals surface area contributed by atoms with Crippen LogP contribution in [0.15, 0.2) is 72.8 Å². The van der Waals surface area contributed by atoms with Crippen LogP contribution in [0.3, 0.4) is 0 Å². The van der Waals surface area contributed by atoms with Crippen LogP contribution in [0.1, 0.15) is 92.4 Å². The second-order valence-electron chi connectivity index (χ2n) is 16.1. The van der Waals surface area contributed by atoms with E-state index in [1.807, 2.05) is 0 Å². The SMILES string of the molecule is C1CCOC1.C1CCOC1.Cc1cc(C)c(P(Nc2ccccc2NP(c2c(C)cc(C)cc2C)c2c(C)cc(C)cc2C)c2c(C)cc(C)cc2C)c(C)c1. The molecule has 2 N–H and O–H groups in total. The number of rotatable bonds is 8. The fourth-order valence-corrected chi connectivity index (χ4v) is 13.6. The fourth-order valence-electron chi connectivity index (χ4n) is 8.49. The molecule has 2 fully saturated rings. The maximum absolute atomic E-state index is 4.94. The Hall–Kier alpha value is -3.52. The van der Waals surface area contributed by atoms with Gasteiger partial charge in [-0.25, -0.2) is 0 Å². The van der Waals surface area contributed by atoms with E-state index >= 15 is 0 Å². The second-order valence-corrected chi connectivity index (χ2v) is 19.6. The average Bonchev–Trinajstić information content (AvgIpc) is 3.88. The first-order valence-corrected chi connectivity index (χ1v) is 23.1. The summed E-state index contributed by atoms with van der Waals surface area (Å²) in [6.07, 6.45) is 5.11. The van der Waals surface area contributed by atoms with E-state index < -0.39 is 16.1 Å². The summed E-state index contributed by atoms with van der Waals surface area (Å²) in [6.45, 7) is 31.0. The van der Waals surface area contributed by atoms with Gasteiger partial charge in [0.05, 0.1) is 27.5 Å². The van der Waals surface area contributed by atoms with Crippen molar-refractivity contribution in [3.8, 4) is 0 Å². The summed E-state index contributed by atoms with van der Waals surface area (Å²) >= 11 is 0. The molecular formula is C50H66N2O2P2. The van der Waals surface area contributed by atoms with Gasteiger partial charge in [0.25, 0.3) is 0 Å². The molecule has 0 spiro atoms. The van der Waals surface area contributed by atoms with Crippen LogP contribution < -0.4 is 31.4 Å². The number of nitrogens with one attached hydrogen (secondary N) is 2. The van der Waals surface area contributed by atoms with Crippen LogP contribution in [0, 0.1) is 83.1 Å². The first-order chi connectivity index (χ1) is 26.7. The maximum atomic E-state index is 4.94. The lowest BCUT2D eigenvalue weighted by molar-refractivity contribution is 0.198. The molecule has 0 aromatic heterocycles. The van der Waals surface area contributed by atoms with E-state index in [0.717, 1.165) is 37.8 Å². The Morgan fingerprint density at radius 3 is 0.750 bits per heavy atom. The maximum Gasteiger partial charge on any atom is 0.0615 e. The zero-order valence-electron chi connectivity index (χ0n) is 36.3. The largest absolute Gasteiger partial charge is 0.381 e. The van der Waals surface area contributed by atoms with E-state index in [1.165, 1.54) is 114 Å². The molecule has 6 heteroatoms. The van der Waals surface area contributed by atoms with Crippen molar-refractivity contribution in [3.63, 3.8) is 0 Å². The Morgan fingerprint density at radius 1 is 0.357 bits per heavy atom. The second kappa shape index (κ2) is 20.3. The molecule has 0 aliphatic carbocycles. The van der Waals surface area contributed by atoms with E-state index in [2.05, 4.69) is 166 Å². The summed E-state index contributed by atoms with van der Waals surface area (Å²) in [5, 5.41) is 14.0. The first kappa shape index (κ1) is 43.6. The zero-order chi connectivity index (χ0) is 40.5. The van der Waals surface area contributed by atoms with Gasteiger partial charge in [-0.2, -0.15) is 0 Å². The normalized spacial score (nSPS) is 13.7. The topological polar surface area (TPSA) is 42.5 Å². The van der Waals surface area contributed by atoms with Crippen LogP contribution in [0.25, 0.3) is 0 Å². The van der Waals surface area contributed by atoms with Crippen molar-refractivity contribution in [2.24, 2.45) is 0 Å². The first-order valence-electron chi connectivity index (χ1n) is 20.4. The average molecular weight is 789 g/mol. The molecule has 0 atom stereocenters. The Kier molecular flexibility index (Phi) is 15.8. The van der Waals surface area contributed by atoms with Gasteiger partial charge in [-0.05, 0) is 165 Å². The van der Waals surface area contributed by atoms with Gasteiger partial charge in [0.2, 0.25) is 0 Å². The van der Waals surface area contributed by atoms with Crippen molar-refractivity contribution in [3.05, 3.63) is 140 Å². The van der Waals surface area contributed by atoms with Gasteiger partial charge in [0.1, 0.15) is 0 Å². The van der Waals surface area contributed by atoms with E-state index in [4.69, 9.17) is 9.47 Å². The molecule has 56 heavy (non-hydrogen) atoms. The molecule has 7 rings (SSSR count). The lowest BCUT2D eigenvalue weighted by atomic mass is 10.1. The van der Waals surface area contributed by atoms with E-state index in [9.17, 15) is 0 Å². The smallest absolute Gasteiger partial charge is 0.0615 e. The van der Waals surface area contributed by atoms with Gasteiger partial charge < -0.3 is 19.6 Å². The standard InChI is InChI=1S/C42H50N2P2.2C4H8O/c1-25-17-29(5)39(30(6)18-25)45(40-31(7)19-26(2)20-32(40)8)43-37-15-13-14-16-38(37)44-46(41-33(9)21-27(3)22-34(41)10)42-35(11)23-28(4)24-36(42)12;2*1-2-4-5-3-1/h13-24,43-44H,1-12H3;2*1-4H2. The molecule has 5 aromatic carbocycles. The number of hydrogen-bond acceptors (Lipinski definition) is 4. The number of benzene rings is 5. The zero-order valence-corrected chi connectivity index (χ0v) is 38.1. The van der Waals surface area contributed by atoms with Gasteiger partial charge in [0, 0.05) is 47.6 Å². The summed E-state index contributed by atoms with van der Waals surface area (Å²) < 4.78 is 9.89. The minimum absolute atomic E-state index is 0.901. The molecule has 0 radical (unpaired) electrons. The van der Waals surface area contributed by atoms with Crippen molar-refractivity contribution in [1.82, 2.24) is 0 Å². The summed E-state index contributed by atoms with van der Waals surface area (Å²) in [4.78, 5) is 0. The molecule has 0 unspecified atom stereocenters. The van der Waals surface area contributed by atoms with E-state index in [0.29, 0.717) is 0 Å². The Balaban J connectivity index is 0.000000520. The third kappa shape index (κ3) is 11.1. The van der Waals surface area contributed by atoms with E-state index in [-0.39, 0.29) is 0 Å². The predicted octanol–water partition coefficient (Wildman–Crippen LogP) is 11.9. The lowest BCUT2D eigenvalue weighted by Crippen LogP contribution is -2.27. The number of aryl methyl sites for hydroxylation is 12. The third-order valence-corrected chi connectivity index (χ3v) is 16.0. The molecule has 2 saturated heterocycles. The number of para-hydroxylation sites is 2. The molecule has 2 aliphatic heterocycles. The van der Waals surface area contributed by atoms with Gasteiger partial charge in [-0.1, -0.05) is 82.9 Å². The van der Waals surface area contributed by atoms with Crippen molar-refractivity contribution < 1.29 is 9.47 Å². The molecule has 2 aliphatic rings. The molecule has 298 valence electrons. The number of anilines is 2. The minimum atomic E-state index is -0.901. The van der Waals surface area contributed by atoms with Crippen molar-refractivity contribution in [2.45, 2.75) is 109 Å². The summed E-state index contributed by atoms with van der Waals surface area (Å²) in [6, 6.07) is 27.6.